The first-order chi connectivity index (χ1) is 8.78. The van der Waals surface area contributed by atoms with Gasteiger partial charge in [0.05, 0.1) is 6.54 Å². The summed E-state index contributed by atoms with van der Waals surface area (Å²) >= 11 is 0. The molecule has 6 nitrogen and oxygen atoms in total. The highest BCUT2D eigenvalue weighted by Gasteiger charge is 2.27. The van der Waals surface area contributed by atoms with Gasteiger partial charge in [-0.25, -0.2) is 4.79 Å². The van der Waals surface area contributed by atoms with Crippen LogP contribution in [0.1, 0.15) is 33.6 Å². The predicted octanol–water partition coefficient (Wildman–Crippen LogP) is 1.31. The number of rotatable bonds is 4. The van der Waals surface area contributed by atoms with Crippen molar-refractivity contribution >= 4 is 12.1 Å². The fraction of sp³-hybridized carbons (Fsp3) is 0.846. The van der Waals surface area contributed by atoms with E-state index in [0.717, 1.165) is 12.8 Å². The van der Waals surface area contributed by atoms with Gasteiger partial charge in [-0.05, 0) is 39.5 Å². The van der Waals surface area contributed by atoms with Crippen molar-refractivity contribution in [3.05, 3.63) is 0 Å². The first kappa shape index (κ1) is 15.8. The minimum Gasteiger partial charge on any atom is -0.480 e. The number of amides is 1. The van der Waals surface area contributed by atoms with Gasteiger partial charge in [0.2, 0.25) is 0 Å². The zero-order chi connectivity index (χ0) is 14.5. The van der Waals surface area contributed by atoms with E-state index in [9.17, 15) is 9.59 Å². The molecule has 1 amide bonds. The van der Waals surface area contributed by atoms with Gasteiger partial charge in [-0.1, -0.05) is 0 Å². The molecule has 0 aromatic carbocycles. The summed E-state index contributed by atoms with van der Waals surface area (Å²) in [6.45, 7) is 7.46. The first-order valence-electron chi connectivity index (χ1n) is 6.68. The van der Waals surface area contributed by atoms with Gasteiger partial charge in [-0.2, -0.15) is 0 Å². The average Bonchev–Trinajstić information content (AvgIpc) is 2.26. The molecule has 6 heteroatoms. The maximum Gasteiger partial charge on any atom is 0.410 e. The van der Waals surface area contributed by atoms with E-state index in [0.29, 0.717) is 25.6 Å². The second kappa shape index (κ2) is 6.75. The van der Waals surface area contributed by atoms with E-state index in [-0.39, 0.29) is 12.6 Å². The number of carbonyl (C=O) groups is 2. The number of carbonyl (C=O) groups excluding carboxylic acids is 1. The summed E-state index contributed by atoms with van der Waals surface area (Å²) in [5, 5.41) is 11.4. The number of aliphatic carboxylic acids is 1. The molecule has 1 saturated heterocycles. The number of carboxylic acids is 1. The topological polar surface area (TPSA) is 78.9 Å². The van der Waals surface area contributed by atoms with E-state index in [1.54, 1.807) is 4.90 Å². The van der Waals surface area contributed by atoms with Gasteiger partial charge in [0.25, 0.3) is 0 Å². The molecular weight excluding hydrogens is 248 g/mol. The van der Waals surface area contributed by atoms with Crippen LogP contribution < -0.4 is 5.32 Å². The predicted molar refractivity (Wildman–Crippen MR) is 71.0 cm³/mol. The maximum atomic E-state index is 11.9. The maximum absolute atomic E-state index is 11.9. The summed E-state index contributed by atoms with van der Waals surface area (Å²) in [6.07, 6.45) is 1.65. The Balaban J connectivity index is 2.37. The Morgan fingerprint density at radius 1 is 1.42 bits per heavy atom. The van der Waals surface area contributed by atoms with Gasteiger partial charge in [0.15, 0.2) is 0 Å². The van der Waals surface area contributed by atoms with Crippen molar-refractivity contribution in [2.24, 2.45) is 5.92 Å². The van der Waals surface area contributed by atoms with E-state index >= 15 is 0 Å². The molecule has 0 aliphatic carbocycles. The zero-order valence-corrected chi connectivity index (χ0v) is 11.9. The van der Waals surface area contributed by atoms with Crippen LogP contribution in [-0.2, 0) is 9.53 Å². The Hall–Kier alpha value is -1.30. The second-order valence-electron chi connectivity index (χ2n) is 5.96. The van der Waals surface area contributed by atoms with E-state index in [2.05, 4.69) is 5.32 Å². The summed E-state index contributed by atoms with van der Waals surface area (Å²) in [4.78, 5) is 24.1. The number of nitrogens with one attached hydrogen (secondary N) is 1. The molecule has 0 unspecified atom stereocenters. The Bertz CT molecular complexity index is 325. The smallest absolute Gasteiger partial charge is 0.410 e. The third kappa shape index (κ3) is 6.42. The Kier molecular flexibility index (Phi) is 5.60. The molecule has 0 radical (unpaired) electrons. The lowest BCUT2D eigenvalue weighted by molar-refractivity contribution is -0.136. The molecule has 1 aliphatic rings. The molecule has 0 spiro atoms. The number of likely N-dealkylation sites (tertiary alicyclic amines) is 1. The zero-order valence-electron chi connectivity index (χ0n) is 11.9. The lowest BCUT2D eigenvalue weighted by Gasteiger charge is -2.34. The molecule has 1 rings (SSSR count). The molecule has 0 saturated carbocycles. The molecular formula is C13H24N2O4. The van der Waals surface area contributed by atoms with Crippen LogP contribution in [0.3, 0.4) is 0 Å². The van der Waals surface area contributed by atoms with Crippen LogP contribution in [0.2, 0.25) is 0 Å². The quantitative estimate of drug-likeness (QED) is 0.806. The molecule has 1 aliphatic heterocycles. The highest BCUT2D eigenvalue weighted by Crippen LogP contribution is 2.18. The fourth-order valence-corrected chi connectivity index (χ4v) is 2.11. The van der Waals surface area contributed by atoms with Crippen LogP contribution in [0.25, 0.3) is 0 Å². The van der Waals surface area contributed by atoms with Gasteiger partial charge in [0.1, 0.15) is 5.60 Å². The van der Waals surface area contributed by atoms with Crippen molar-refractivity contribution < 1.29 is 19.4 Å². The summed E-state index contributed by atoms with van der Waals surface area (Å²) in [7, 11) is 0. The monoisotopic (exact) mass is 272 g/mol. The lowest BCUT2D eigenvalue weighted by atomic mass is 9.98. The number of hydrogen-bond acceptors (Lipinski definition) is 4. The van der Waals surface area contributed by atoms with Crippen LogP contribution >= 0.6 is 0 Å². The third-order valence-corrected chi connectivity index (χ3v) is 2.88. The molecule has 1 atom stereocenters. The number of ether oxygens (including phenoxy) is 1. The van der Waals surface area contributed by atoms with Crippen molar-refractivity contribution in [1.29, 1.82) is 0 Å². The number of nitrogens with zero attached hydrogens (tertiary/aromatic N) is 1. The number of piperidine rings is 1. The second-order valence-corrected chi connectivity index (χ2v) is 5.96. The molecule has 2 N–H and O–H groups in total. The Morgan fingerprint density at radius 2 is 2.11 bits per heavy atom. The number of carboxylic acid groups (broad SMARTS) is 1. The first-order valence-corrected chi connectivity index (χ1v) is 6.68. The molecule has 1 heterocycles. The van der Waals surface area contributed by atoms with Crippen LogP contribution in [0.15, 0.2) is 0 Å². The summed E-state index contributed by atoms with van der Waals surface area (Å²) in [5.41, 5.74) is -0.481. The van der Waals surface area contributed by atoms with Gasteiger partial charge in [-0.3, -0.25) is 4.79 Å². The third-order valence-electron chi connectivity index (χ3n) is 2.88. The average molecular weight is 272 g/mol. The van der Waals surface area contributed by atoms with Gasteiger partial charge >= 0.3 is 12.1 Å². The minimum atomic E-state index is -0.861. The molecule has 0 aromatic heterocycles. The van der Waals surface area contributed by atoms with Crippen LogP contribution in [0, 0.1) is 5.92 Å². The number of hydrogen-bond donors (Lipinski definition) is 2. The normalized spacial score (nSPS) is 20.2. The highest BCUT2D eigenvalue weighted by molar-refractivity contribution is 5.69. The molecule has 0 aromatic rings. The van der Waals surface area contributed by atoms with Crippen molar-refractivity contribution in [1.82, 2.24) is 10.2 Å². The molecule has 19 heavy (non-hydrogen) atoms. The fourth-order valence-electron chi connectivity index (χ4n) is 2.11. The van der Waals surface area contributed by atoms with Crippen molar-refractivity contribution in [2.45, 2.75) is 39.2 Å². The molecule has 1 fully saturated rings. The minimum absolute atomic E-state index is 0.0388. The van der Waals surface area contributed by atoms with Crippen molar-refractivity contribution in [3.63, 3.8) is 0 Å². The van der Waals surface area contributed by atoms with Gasteiger partial charge in [-0.15, -0.1) is 0 Å². The summed E-state index contributed by atoms with van der Waals surface area (Å²) < 4.78 is 5.34. The molecule has 110 valence electrons. The Labute approximate surface area is 114 Å². The largest absolute Gasteiger partial charge is 0.480 e. The Morgan fingerprint density at radius 3 is 2.68 bits per heavy atom. The standard InChI is InChI=1S/C13H24N2O4/c1-13(2,3)19-12(18)15-6-4-5-10(9-15)7-14-8-11(16)17/h10,14H,4-9H2,1-3H3,(H,16,17)/t10-/m0/s1. The van der Waals surface area contributed by atoms with Gasteiger partial charge in [0, 0.05) is 19.6 Å². The van der Waals surface area contributed by atoms with Crippen molar-refractivity contribution in [3.8, 4) is 0 Å². The van der Waals surface area contributed by atoms with Crippen LogP contribution in [0.4, 0.5) is 4.79 Å². The highest BCUT2D eigenvalue weighted by atomic mass is 16.6. The van der Waals surface area contributed by atoms with E-state index in [4.69, 9.17) is 9.84 Å². The summed E-state index contributed by atoms with van der Waals surface area (Å²) in [5.74, 6) is -0.569. The SMILES string of the molecule is CC(C)(C)OC(=O)N1CCC[C@@H](CNCC(=O)O)C1. The van der Waals surface area contributed by atoms with Crippen LogP contribution in [0.5, 0.6) is 0 Å². The van der Waals surface area contributed by atoms with E-state index in [1.165, 1.54) is 0 Å². The summed E-state index contributed by atoms with van der Waals surface area (Å²) in [6, 6.07) is 0. The van der Waals surface area contributed by atoms with E-state index in [1.807, 2.05) is 20.8 Å². The lowest BCUT2D eigenvalue weighted by Crippen LogP contribution is -2.45. The van der Waals surface area contributed by atoms with Crippen LogP contribution in [-0.4, -0.2) is 53.8 Å². The van der Waals surface area contributed by atoms with Gasteiger partial charge < -0.3 is 20.1 Å². The molecule has 0 bridgehead atoms. The van der Waals surface area contributed by atoms with Crippen molar-refractivity contribution in [2.75, 3.05) is 26.2 Å². The van der Waals surface area contributed by atoms with E-state index < -0.39 is 11.6 Å².